The van der Waals surface area contributed by atoms with E-state index >= 15 is 0 Å². The first-order chi connectivity index (χ1) is 8.70. The molecule has 94 valence electrons. The van der Waals surface area contributed by atoms with Gasteiger partial charge in [0.05, 0.1) is 19.2 Å². The summed E-state index contributed by atoms with van der Waals surface area (Å²) in [4.78, 5) is 15.6. The highest BCUT2D eigenvalue weighted by Crippen LogP contribution is 2.19. The number of carbonyl (C=O) groups is 1. The van der Waals surface area contributed by atoms with Gasteiger partial charge in [0.1, 0.15) is 10.8 Å². The minimum absolute atomic E-state index is 0.175. The van der Waals surface area contributed by atoms with Crippen LogP contribution in [0.1, 0.15) is 15.4 Å². The summed E-state index contributed by atoms with van der Waals surface area (Å²) >= 11 is 1.50. The maximum absolute atomic E-state index is 13.1. The fourth-order valence-electron chi connectivity index (χ4n) is 1.46. The molecule has 1 heterocycles. The fourth-order valence-corrected chi connectivity index (χ4v) is 2.02. The minimum atomic E-state index is -0.573. The molecule has 0 bridgehead atoms. The lowest BCUT2D eigenvalue weighted by Gasteiger charge is -2.09. The second-order valence-corrected chi connectivity index (χ2v) is 4.44. The van der Waals surface area contributed by atoms with Crippen molar-refractivity contribution in [1.29, 1.82) is 0 Å². The van der Waals surface area contributed by atoms with E-state index in [1.807, 2.05) is 5.38 Å². The summed E-state index contributed by atoms with van der Waals surface area (Å²) < 4.78 is 17.7. The average Bonchev–Trinajstić information content (AvgIpc) is 2.89. The van der Waals surface area contributed by atoms with E-state index in [9.17, 15) is 9.18 Å². The standard InChI is InChI=1S/C12H11FN2O2S/c1-17-12(16)9-6-8(13)2-3-10(9)15-7-11-14-4-5-18-11/h2-6,15H,7H2,1H3. The Kier molecular flexibility index (Phi) is 3.88. The van der Waals surface area contributed by atoms with E-state index in [0.717, 1.165) is 11.1 Å². The Labute approximate surface area is 107 Å². The van der Waals surface area contributed by atoms with Crippen LogP contribution in [0.25, 0.3) is 0 Å². The van der Waals surface area contributed by atoms with Crippen molar-refractivity contribution < 1.29 is 13.9 Å². The predicted octanol–water partition coefficient (Wildman–Crippen LogP) is 2.68. The van der Waals surface area contributed by atoms with Crippen molar-refractivity contribution in [2.24, 2.45) is 0 Å². The highest BCUT2D eigenvalue weighted by Gasteiger charge is 2.13. The number of rotatable bonds is 4. The fraction of sp³-hybridized carbons (Fsp3) is 0.167. The van der Waals surface area contributed by atoms with Gasteiger partial charge in [-0.1, -0.05) is 0 Å². The Morgan fingerprint density at radius 1 is 1.56 bits per heavy atom. The van der Waals surface area contributed by atoms with Crippen LogP contribution in [0.4, 0.5) is 10.1 Å². The topological polar surface area (TPSA) is 51.2 Å². The number of hydrogen-bond donors (Lipinski definition) is 1. The highest BCUT2D eigenvalue weighted by molar-refractivity contribution is 7.09. The molecule has 2 aromatic rings. The van der Waals surface area contributed by atoms with E-state index in [1.165, 1.54) is 30.6 Å². The smallest absolute Gasteiger partial charge is 0.340 e. The number of benzene rings is 1. The SMILES string of the molecule is COC(=O)c1cc(F)ccc1NCc1nccs1. The third kappa shape index (κ3) is 2.84. The molecule has 18 heavy (non-hydrogen) atoms. The lowest BCUT2D eigenvalue weighted by atomic mass is 10.1. The zero-order chi connectivity index (χ0) is 13.0. The highest BCUT2D eigenvalue weighted by atomic mass is 32.1. The monoisotopic (exact) mass is 266 g/mol. The molecule has 1 aromatic carbocycles. The van der Waals surface area contributed by atoms with Crippen LogP contribution in [0.15, 0.2) is 29.8 Å². The molecule has 0 radical (unpaired) electrons. The number of aromatic nitrogens is 1. The summed E-state index contributed by atoms with van der Waals surface area (Å²) in [6.45, 7) is 0.479. The normalized spacial score (nSPS) is 10.1. The quantitative estimate of drug-likeness (QED) is 0.864. The molecule has 0 fully saturated rings. The van der Waals surface area contributed by atoms with Crippen molar-refractivity contribution >= 4 is 23.0 Å². The van der Waals surface area contributed by atoms with Gasteiger partial charge in [-0.25, -0.2) is 14.2 Å². The number of halogens is 1. The molecule has 2 rings (SSSR count). The van der Waals surface area contributed by atoms with Crippen LogP contribution < -0.4 is 5.32 Å². The Balaban J connectivity index is 2.18. The molecule has 0 unspecified atom stereocenters. The van der Waals surface area contributed by atoms with Crippen molar-refractivity contribution in [2.45, 2.75) is 6.54 Å². The van der Waals surface area contributed by atoms with Crippen LogP contribution in [0.5, 0.6) is 0 Å². The molecule has 6 heteroatoms. The van der Waals surface area contributed by atoms with Crippen molar-refractivity contribution in [3.05, 3.63) is 46.2 Å². The molecular formula is C12H11FN2O2S. The molecule has 4 nitrogen and oxygen atoms in total. The third-order valence-corrected chi connectivity index (χ3v) is 3.08. The molecule has 0 atom stereocenters. The number of methoxy groups -OCH3 is 1. The number of nitrogens with one attached hydrogen (secondary N) is 1. The van der Waals surface area contributed by atoms with E-state index in [2.05, 4.69) is 15.0 Å². The van der Waals surface area contributed by atoms with Crippen LogP contribution in [0.2, 0.25) is 0 Å². The third-order valence-electron chi connectivity index (χ3n) is 2.30. The molecule has 0 saturated carbocycles. The number of carbonyl (C=O) groups excluding carboxylic acids is 1. The van der Waals surface area contributed by atoms with Gasteiger partial charge in [0.2, 0.25) is 0 Å². The Morgan fingerprint density at radius 3 is 3.06 bits per heavy atom. The first-order valence-corrected chi connectivity index (χ1v) is 6.09. The molecule has 0 spiro atoms. The molecule has 1 aromatic heterocycles. The van der Waals surface area contributed by atoms with E-state index in [1.54, 1.807) is 6.20 Å². The summed E-state index contributed by atoms with van der Waals surface area (Å²) in [5.74, 6) is -1.05. The summed E-state index contributed by atoms with van der Waals surface area (Å²) in [6.07, 6.45) is 1.70. The lowest BCUT2D eigenvalue weighted by molar-refractivity contribution is 0.0601. The number of esters is 1. The second-order valence-electron chi connectivity index (χ2n) is 3.46. The number of anilines is 1. The number of nitrogens with zero attached hydrogens (tertiary/aromatic N) is 1. The number of thiazole rings is 1. The van der Waals surface area contributed by atoms with Crippen LogP contribution in [-0.4, -0.2) is 18.1 Å². The molecule has 0 amide bonds. The van der Waals surface area contributed by atoms with Gasteiger partial charge in [0.15, 0.2) is 0 Å². The maximum Gasteiger partial charge on any atom is 0.340 e. The summed E-state index contributed by atoms with van der Waals surface area (Å²) in [5.41, 5.74) is 0.701. The van der Waals surface area contributed by atoms with Crippen molar-refractivity contribution in [2.75, 3.05) is 12.4 Å². The summed E-state index contributed by atoms with van der Waals surface area (Å²) in [6, 6.07) is 3.95. The Bertz CT molecular complexity index is 543. The van der Waals surface area contributed by atoms with Gasteiger partial charge in [-0.15, -0.1) is 11.3 Å². The van der Waals surface area contributed by atoms with Crippen LogP contribution in [-0.2, 0) is 11.3 Å². The molecule has 1 N–H and O–H groups in total. The molecule has 0 aliphatic rings. The Morgan fingerprint density at radius 2 is 2.39 bits per heavy atom. The largest absolute Gasteiger partial charge is 0.465 e. The Hall–Kier alpha value is -1.95. The van der Waals surface area contributed by atoms with Crippen LogP contribution in [0, 0.1) is 5.82 Å². The van der Waals surface area contributed by atoms with E-state index < -0.39 is 11.8 Å². The zero-order valence-electron chi connectivity index (χ0n) is 9.64. The van der Waals surface area contributed by atoms with Gasteiger partial charge in [0.25, 0.3) is 0 Å². The zero-order valence-corrected chi connectivity index (χ0v) is 10.5. The van der Waals surface area contributed by atoms with Gasteiger partial charge < -0.3 is 10.1 Å². The summed E-state index contributed by atoms with van der Waals surface area (Å²) in [5, 5.41) is 5.79. The molecule has 0 aliphatic carbocycles. The molecule has 0 saturated heterocycles. The lowest BCUT2D eigenvalue weighted by Crippen LogP contribution is -2.08. The van der Waals surface area contributed by atoms with Crippen molar-refractivity contribution in [3.8, 4) is 0 Å². The van der Waals surface area contributed by atoms with E-state index in [4.69, 9.17) is 0 Å². The predicted molar refractivity (Wildman–Crippen MR) is 67.2 cm³/mol. The van der Waals surface area contributed by atoms with E-state index in [0.29, 0.717) is 12.2 Å². The number of ether oxygens (including phenoxy) is 1. The van der Waals surface area contributed by atoms with Crippen molar-refractivity contribution in [3.63, 3.8) is 0 Å². The van der Waals surface area contributed by atoms with Gasteiger partial charge in [-0.2, -0.15) is 0 Å². The van der Waals surface area contributed by atoms with Gasteiger partial charge in [0, 0.05) is 17.3 Å². The summed E-state index contributed by atoms with van der Waals surface area (Å²) in [7, 11) is 1.26. The first-order valence-electron chi connectivity index (χ1n) is 5.21. The van der Waals surface area contributed by atoms with Gasteiger partial charge >= 0.3 is 5.97 Å². The van der Waals surface area contributed by atoms with Crippen LogP contribution >= 0.6 is 11.3 Å². The molecular weight excluding hydrogens is 255 g/mol. The minimum Gasteiger partial charge on any atom is -0.465 e. The first kappa shape index (κ1) is 12.5. The van der Waals surface area contributed by atoms with E-state index in [-0.39, 0.29) is 5.56 Å². The van der Waals surface area contributed by atoms with Crippen molar-refractivity contribution in [1.82, 2.24) is 4.98 Å². The molecule has 0 aliphatic heterocycles. The maximum atomic E-state index is 13.1. The van der Waals surface area contributed by atoms with Gasteiger partial charge in [-0.3, -0.25) is 0 Å². The number of hydrogen-bond acceptors (Lipinski definition) is 5. The average molecular weight is 266 g/mol. The second kappa shape index (κ2) is 5.59. The van der Waals surface area contributed by atoms with Gasteiger partial charge in [-0.05, 0) is 18.2 Å². The van der Waals surface area contributed by atoms with Crippen LogP contribution in [0.3, 0.4) is 0 Å².